The minimum absolute atomic E-state index is 0. The Morgan fingerprint density at radius 1 is 0.941 bits per heavy atom. The molecule has 0 spiro atoms. The van der Waals surface area contributed by atoms with E-state index in [0.717, 1.165) is 11.1 Å². The van der Waals surface area contributed by atoms with Gasteiger partial charge in [0.05, 0.1) is 0 Å². The summed E-state index contributed by atoms with van der Waals surface area (Å²) in [5.41, 5.74) is 1.40. The van der Waals surface area contributed by atoms with Gasteiger partial charge in [0.1, 0.15) is 5.75 Å². The number of hydrogen-bond donors (Lipinski definition) is 1. The number of phenolic OH excluding ortho intramolecular Hbond substituents is 1. The van der Waals surface area contributed by atoms with Gasteiger partial charge < -0.3 is 10.2 Å². The molecule has 0 unspecified atom stereocenters. The second-order valence-corrected chi connectivity index (χ2v) is 6.37. The van der Waals surface area contributed by atoms with Crippen LogP contribution in [0.3, 0.4) is 0 Å². The minimum atomic E-state index is -0.280. The van der Waals surface area contributed by atoms with Gasteiger partial charge in [-0.2, -0.15) is 0 Å². The third-order valence-corrected chi connectivity index (χ3v) is 2.75. The fraction of sp³-hybridized carbons (Fsp3) is 0.571. The molecule has 1 aromatic rings. The standard InChI is InChI=1S/C14H22O2.K/c1-13(2,3)9-7-10(14(4,5)6)12(16)11(15)8-9;/h7-8,15-16H,1-6H3;/q;+1/p-1. The quantitative estimate of drug-likeness (QED) is 0.671. The van der Waals surface area contributed by atoms with Crippen LogP contribution in [0.5, 0.6) is 11.5 Å². The Morgan fingerprint density at radius 3 is 1.76 bits per heavy atom. The summed E-state index contributed by atoms with van der Waals surface area (Å²) in [4.78, 5) is 0. The molecule has 0 saturated carbocycles. The molecule has 0 aliphatic heterocycles. The van der Waals surface area contributed by atoms with E-state index in [-0.39, 0.29) is 73.7 Å². The third kappa shape index (κ3) is 4.25. The molecular weight excluding hydrogens is 239 g/mol. The Balaban J connectivity index is 0.00000256. The second kappa shape index (κ2) is 5.62. The summed E-state index contributed by atoms with van der Waals surface area (Å²) in [7, 11) is 0. The molecule has 0 bridgehead atoms. The molecule has 1 N–H and O–H groups in total. The van der Waals surface area contributed by atoms with E-state index >= 15 is 0 Å². The summed E-state index contributed by atoms with van der Waals surface area (Å²) in [6.07, 6.45) is 0. The van der Waals surface area contributed by atoms with Crippen LogP contribution in [0.4, 0.5) is 0 Å². The van der Waals surface area contributed by atoms with Crippen LogP contribution in [-0.2, 0) is 10.8 Å². The summed E-state index contributed by atoms with van der Waals surface area (Å²) in [5, 5.41) is 21.5. The molecule has 2 nitrogen and oxygen atoms in total. The van der Waals surface area contributed by atoms with Crippen molar-refractivity contribution in [1.82, 2.24) is 0 Å². The van der Waals surface area contributed by atoms with Crippen LogP contribution < -0.4 is 56.5 Å². The molecule has 0 aromatic heterocycles. The van der Waals surface area contributed by atoms with Gasteiger partial charge in [0, 0.05) is 0 Å². The maximum absolute atomic E-state index is 11.7. The fourth-order valence-electron chi connectivity index (χ4n) is 1.61. The van der Waals surface area contributed by atoms with Gasteiger partial charge in [0.15, 0.2) is 0 Å². The average Bonchev–Trinajstić information content (AvgIpc) is 2.05. The zero-order chi connectivity index (χ0) is 12.7. The molecule has 0 aliphatic rings. The van der Waals surface area contributed by atoms with Crippen LogP contribution in [0.1, 0.15) is 52.7 Å². The van der Waals surface area contributed by atoms with Crippen LogP contribution >= 0.6 is 0 Å². The first-order valence-electron chi connectivity index (χ1n) is 5.58. The van der Waals surface area contributed by atoms with Crippen molar-refractivity contribution in [1.29, 1.82) is 0 Å². The Bertz CT molecular complexity index is 398. The molecule has 90 valence electrons. The van der Waals surface area contributed by atoms with Crippen LogP contribution in [0.2, 0.25) is 0 Å². The van der Waals surface area contributed by atoms with Gasteiger partial charge in [-0.1, -0.05) is 59.4 Å². The number of hydrogen-bond acceptors (Lipinski definition) is 2. The normalized spacial score (nSPS) is 12.1. The second-order valence-electron chi connectivity index (χ2n) is 6.37. The first-order valence-corrected chi connectivity index (χ1v) is 5.58. The minimum Gasteiger partial charge on any atom is -0.870 e. The number of benzene rings is 1. The Labute approximate surface area is 147 Å². The summed E-state index contributed by atoms with van der Waals surface area (Å²) in [6.45, 7) is 12.2. The Kier molecular flexibility index (Phi) is 5.77. The van der Waals surface area contributed by atoms with Gasteiger partial charge in [0.25, 0.3) is 0 Å². The van der Waals surface area contributed by atoms with E-state index in [1.165, 1.54) is 6.07 Å². The summed E-state index contributed by atoms with van der Waals surface area (Å²) in [6, 6.07) is 3.47. The van der Waals surface area contributed by atoms with Crippen molar-refractivity contribution in [2.75, 3.05) is 0 Å². The SMILES string of the molecule is CC(C)(C)c1cc([O-])c(O)c(C(C)(C)C)c1.[K+]. The van der Waals surface area contributed by atoms with Gasteiger partial charge >= 0.3 is 51.4 Å². The van der Waals surface area contributed by atoms with Crippen LogP contribution in [0.15, 0.2) is 12.1 Å². The maximum atomic E-state index is 11.7. The van der Waals surface area contributed by atoms with E-state index in [4.69, 9.17) is 0 Å². The van der Waals surface area contributed by atoms with Gasteiger partial charge in [-0.05, 0) is 22.0 Å². The van der Waals surface area contributed by atoms with E-state index in [2.05, 4.69) is 20.8 Å². The first-order chi connectivity index (χ1) is 7.03. The molecule has 1 rings (SSSR count). The topological polar surface area (TPSA) is 43.3 Å². The van der Waals surface area contributed by atoms with Crippen molar-refractivity contribution >= 4 is 0 Å². The van der Waals surface area contributed by atoms with Gasteiger partial charge in [-0.3, -0.25) is 0 Å². The molecule has 0 aliphatic carbocycles. The van der Waals surface area contributed by atoms with E-state index in [1.54, 1.807) is 0 Å². The molecular formula is C14H21KO2. The van der Waals surface area contributed by atoms with E-state index < -0.39 is 0 Å². The van der Waals surface area contributed by atoms with E-state index in [0.29, 0.717) is 0 Å². The molecule has 3 heteroatoms. The molecule has 0 fully saturated rings. The number of phenols is 1. The summed E-state index contributed by atoms with van der Waals surface area (Å²) >= 11 is 0. The van der Waals surface area contributed by atoms with Crippen molar-refractivity contribution in [2.24, 2.45) is 0 Å². The molecule has 0 saturated heterocycles. The van der Waals surface area contributed by atoms with Crippen molar-refractivity contribution in [3.05, 3.63) is 23.3 Å². The van der Waals surface area contributed by atoms with Crippen LogP contribution in [0, 0.1) is 0 Å². The molecule has 17 heavy (non-hydrogen) atoms. The Morgan fingerprint density at radius 2 is 1.41 bits per heavy atom. The van der Waals surface area contributed by atoms with Crippen molar-refractivity contribution in [2.45, 2.75) is 52.4 Å². The predicted octanol–water partition coefficient (Wildman–Crippen LogP) is 0.0648. The largest absolute Gasteiger partial charge is 1.00 e. The monoisotopic (exact) mass is 260 g/mol. The van der Waals surface area contributed by atoms with E-state index in [1.807, 2.05) is 26.8 Å². The van der Waals surface area contributed by atoms with Crippen molar-refractivity contribution in [3.8, 4) is 11.5 Å². The molecule has 0 heterocycles. The average molecular weight is 260 g/mol. The van der Waals surface area contributed by atoms with Crippen molar-refractivity contribution in [3.63, 3.8) is 0 Å². The smallest absolute Gasteiger partial charge is 0.870 e. The number of rotatable bonds is 0. The zero-order valence-corrected chi connectivity index (χ0v) is 15.1. The third-order valence-electron chi connectivity index (χ3n) is 2.75. The van der Waals surface area contributed by atoms with Gasteiger partial charge in [0.2, 0.25) is 0 Å². The van der Waals surface area contributed by atoms with Crippen LogP contribution in [-0.4, -0.2) is 5.11 Å². The van der Waals surface area contributed by atoms with E-state index in [9.17, 15) is 10.2 Å². The predicted molar refractivity (Wildman–Crippen MR) is 65.0 cm³/mol. The molecule has 0 atom stereocenters. The number of aromatic hydroxyl groups is 1. The zero-order valence-electron chi connectivity index (χ0n) is 12.0. The Hall–Kier alpha value is 0.456. The molecule has 0 amide bonds. The molecule has 1 aromatic carbocycles. The maximum Gasteiger partial charge on any atom is 1.00 e. The summed E-state index contributed by atoms with van der Waals surface area (Å²) < 4.78 is 0. The molecule has 0 radical (unpaired) electrons. The first kappa shape index (κ1) is 17.5. The van der Waals surface area contributed by atoms with Crippen LogP contribution in [0.25, 0.3) is 0 Å². The fourth-order valence-corrected chi connectivity index (χ4v) is 1.61. The summed E-state index contributed by atoms with van der Waals surface area (Å²) in [5.74, 6) is -0.391. The van der Waals surface area contributed by atoms with Crippen molar-refractivity contribution < 1.29 is 61.6 Å². The van der Waals surface area contributed by atoms with Gasteiger partial charge in [-0.25, -0.2) is 0 Å². The van der Waals surface area contributed by atoms with Gasteiger partial charge in [-0.15, -0.1) is 0 Å².